The number of rotatable bonds is 4. The molecular weight excluding hydrogens is 375 g/mol. The van der Waals surface area contributed by atoms with Gasteiger partial charge in [0.25, 0.3) is 0 Å². The van der Waals surface area contributed by atoms with Crippen molar-refractivity contribution in [3.05, 3.63) is 51.0 Å². The van der Waals surface area contributed by atoms with Gasteiger partial charge in [0.15, 0.2) is 0 Å². The lowest BCUT2D eigenvalue weighted by Gasteiger charge is -2.13. The molecule has 2 aromatic rings. The minimum atomic E-state index is -0.105. The van der Waals surface area contributed by atoms with Crippen LogP contribution in [0.1, 0.15) is 22.2 Å². The van der Waals surface area contributed by atoms with Gasteiger partial charge in [-0.25, -0.2) is 9.97 Å². The van der Waals surface area contributed by atoms with E-state index in [-0.39, 0.29) is 5.38 Å². The fourth-order valence-corrected chi connectivity index (χ4v) is 3.07. The van der Waals surface area contributed by atoms with Crippen LogP contribution in [0.15, 0.2) is 30.6 Å². The Morgan fingerprint density at radius 1 is 1.37 bits per heavy atom. The van der Waals surface area contributed by atoms with E-state index in [1.54, 1.807) is 7.11 Å². The van der Waals surface area contributed by atoms with Crippen molar-refractivity contribution in [3.63, 3.8) is 0 Å². The highest BCUT2D eigenvalue weighted by Gasteiger charge is 2.14. The van der Waals surface area contributed by atoms with Gasteiger partial charge in [0.2, 0.25) is 5.88 Å². The molecule has 1 heterocycles. The van der Waals surface area contributed by atoms with Gasteiger partial charge in [-0.3, -0.25) is 0 Å². The average molecular weight is 389 g/mol. The molecule has 0 spiro atoms. The second kappa shape index (κ2) is 6.52. The molecule has 100 valence electrons. The number of hydrogen-bond acceptors (Lipinski definition) is 3. The van der Waals surface area contributed by atoms with Crippen molar-refractivity contribution in [1.82, 2.24) is 9.97 Å². The zero-order valence-corrected chi connectivity index (χ0v) is 13.6. The summed E-state index contributed by atoms with van der Waals surface area (Å²) < 4.78 is 6.30. The third kappa shape index (κ3) is 3.57. The molecule has 2 rings (SSSR count). The fourth-order valence-electron chi connectivity index (χ4n) is 1.81. The quantitative estimate of drug-likeness (QED) is 0.588. The van der Waals surface area contributed by atoms with E-state index in [0.717, 1.165) is 11.3 Å². The molecule has 0 radical (unpaired) electrons. The van der Waals surface area contributed by atoms with E-state index in [0.29, 0.717) is 12.3 Å². The Morgan fingerprint density at radius 2 is 2.16 bits per heavy atom. The smallest absolute Gasteiger partial charge is 0.216 e. The van der Waals surface area contributed by atoms with Crippen molar-refractivity contribution >= 4 is 34.2 Å². The molecule has 0 fully saturated rings. The van der Waals surface area contributed by atoms with Crippen molar-refractivity contribution in [1.29, 1.82) is 0 Å². The summed E-state index contributed by atoms with van der Waals surface area (Å²) in [7, 11) is 1.59. The Hall–Kier alpha value is -0.880. The third-order valence-electron chi connectivity index (χ3n) is 2.86. The highest BCUT2D eigenvalue weighted by atomic mass is 127. The highest BCUT2D eigenvalue weighted by molar-refractivity contribution is 14.1. The van der Waals surface area contributed by atoms with E-state index >= 15 is 0 Å². The number of aryl methyl sites for hydroxylation is 1. The normalized spacial score (nSPS) is 12.2. The van der Waals surface area contributed by atoms with Crippen molar-refractivity contribution < 1.29 is 4.74 Å². The maximum Gasteiger partial charge on any atom is 0.216 e. The van der Waals surface area contributed by atoms with Crippen LogP contribution in [0.4, 0.5) is 0 Å². The number of halogens is 2. The highest BCUT2D eigenvalue weighted by Crippen LogP contribution is 2.30. The summed E-state index contributed by atoms with van der Waals surface area (Å²) in [4.78, 5) is 8.22. The van der Waals surface area contributed by atoms with Gasteiger partial charge in [-0.05, 0) is 40.6 Å². The summed E-state index contributed by atoms with van der Waals surface area (Å²) in [5.41, 5.74) is 3.26. The molecule has 0 aliphatic rings. The Morgan fingerprint density at radius 3 is 2.89 bits per heavy atom. The first-order valence-electron chi connectivity index (χ1n) is 5.86. The van der Waals surface area contributed by atoms with Crippen LogP contribution in [0, 0.1) is 10.5 Å². The molecule has 3 nitrogen and oxygen atoms in total. The molecule has 1 aromatic carbocycles. The molecule has 0 bridgehead atoms. The first-order chi connectivity index (χ1) is 9.11. The largest absolute Gasteiger partial charge is 0.481 e. The number of aromatic nitrogens is 2. The fraction of sp³-hybridized carbons (Fsp3) is 0.286. The molecule has 1 atom stereocenters. The average Bonchev–Trinajstić information content (AvgIpc) is 2.42. The lowest BCUT2D eigenvalue weighted by atomic mass is 10.1. The van der Waals surface area contributed by atoms with Crippen LogP contribution >= 0.6 is 34.2 Å². The Bertz CT molecular complexity index is 577. The van der Waals surface area contributed by atoms with E-state index in [4.69, 9.17) is 16.3 Å². The molecule has 0 N–H and O–H groups in total. The molecule has 0 amide bonds. The first-order valence-corrected chi connectivity index (χ1v) is 7.37. The number of nitrogens with zero attached hydrogens (tertiary/aromatic N) is 2. The molecule has 0 aliphatic carbocycles. The van der Waals surface area contributed by atoms with Crippen molar-refractivity contribution in [3.8, 4) is 5.88 Å². The predicted molar refractivity (Wildman–Crippen MR) is 84.8 cm³/mol. The van der Waals surface area contributed by atoms with E-state index in [9.17, 15) is 0 Å². The second-order valence-corrected chi connectivity index (χ2v) is 5.81. The predicted octanol–water partition coefficient (Wildman–Crippen LogP) is 3.92. The Kier molecular flexibility index (Phi) is 4.99. The first kappa shape index (κ1) is 14.5. The molecule has 1 aromatic heterocycles. The summed E-state index contributed by atoms with van der Waals surface area (Å²) in [5, 5.41) is -0.105. The van der Waals surface area contributed by atoms with Gasteiger partial charge in [-0.15, -0.1) is 11.6 Å². The van der Waals surface area contributed by atoms with Gasteiger partial charge in [-0.2, -0.15) is 0 Å². The van der Waals surface area contributed by atoms with Crippen LogP contribution in [0.3, 0.4) is 0 Å². The summed E-state index contributed by atoms with van der Waals surface area (Å²) in [5.74, 6) is 0.563. The molecule has 0 saturated carbocycles. The van der Waals surface area contributed by atoms with E-state index in [2.05, 4.69) is 51.6 Å². The van der Waals surface area contributed by atoms with Crippen LogP contribution in [-0.2, 0) is 6.42 Å². The maximum atomic E-state index is 6.51. The number of ether oxygens (including phenoxy) is 1. The molecule has 0 aliphatic heterocycles. The molecule has 19 heavy (non-hydrogen) atoms. The third-order valence-corrected chi connectivity index (χ3v) is 4.72. The second-order valence-electron chi connectivity index (χ2n) is 4.20. The Balaban J connectivity index is 2.20. The zero-order chi connectivity index (χ0) is 13.8. The van der Waals surface area contributed by atoms with Gasteiger partial charge in [0, 0.05) is 21.8 Å². The van der Waals surface area contributed by atoms with Crippen LogP contribution in [0.2, 0.25) is 0 Å². The monoisotopic (exact) mass is 388 g/mol. The number of methoxy groups -OCH3 is 1. The van der Waals surface area contributed by atoms with Crippen molar-refractivity contribution in [2.75, 3.05) is 7.11 Å². The van der Waals surface area contributed by atoms with Gasteiger partial charge in [0.05, 0.1) is 12.5 Å². The summed E-state index contributed by atoms with van der Waals surface area (Å²) >= 11 is 8.84. The van der Waals surface area contributed by atoms with Crippen LogP contribution in [0.5, 0.6) is 5.88 Å². The molecule has 0 saturated heterocycles. The molecular formula is C14H14ClIN2O. The lowest BCUT2D eigenvalue weighted by Crippen LogP contribution is -2.02. The summed E-state index contributed by atoms with van der Waals surface area (Å²) in [6, 6.07) is 7.99. The van der Waals surface area contributed by atoms with Gasteiger partial charge < -0.3 is 4.74 Å². The van der Waals surface area contributed by atoms with E-state index in [1.807, 2.05) is 12.1 Å². The minimum Gasteiger partial charge on any atom is -0.481 e. The topological polar surface area (TPSA) is 35.0 Å². The Labute approximate surface area is 131 Å². The van der Waals surface area contributed by atoms with Crippen LogP contribution < -0.4 is 4.74 Å². The van der Waals surface area contributed by atoms with Gasteiger partial charge >= 0.3 is 0 Å². The van der Waals surface area contributed by atoms with Crippen LogP contribution in [0.25, 0.3) is 0 Å². The van der Waals surface area contributed by atoms with Gasteiger partial charge in [0.1, 0.15) is 6.33 Å². The SMILES string of the molecule is COc1cc(CC(Cl)c2cccc(C)c2I)ncn1. The minimum absolute atomic E-state index is 0.105. The summed E-state index contributed by atoms with van der Waals surface area (Å²) in [6.45, 7) is 2.09. The van der Waals surface area contributed by atoms with Gasteiger partial charge in [-0.1, -0.05) is 18.2 Å². The van der Waals surface area contributed by atoms with Crippen LogP contribution in [-0.4, -0.2) is 17.1 Å². The number of hydrogen-bond donors (Lipinski definition) is 0. The zero-order valence-electron chi connectivity index (χ0n) is 10.7. The molecule has 1 unspecified atom stereocenters. The number of benzene rings is 1. The lowest BCUT2D eigenvalue weighted by molar-refractivity contribution is 0.396. The summed E-state index contributed by atoms with van der Waals surface area (Å²) in [6.07, 6.45) is 2.15. The van der Waals surface area contributed by atoms with E-state index in [1.165, 1.54) is 15.5 Å². The number of alkyl halides is 1. The van der Waals surface area contributed by atoms with E-state index < -0.39 is 0 Å². The standard InChI is InChI=1S/C14H14ClIN2O/c1-9-4-3-5-11(14(9)16)12(15)6-10-7-13(19-2)18-8-17-10/h3-5,7-8,12H,6H2,1-2H3. The van der Waals surface area contributed by atoms with Crippen molar-refractivity contribution in [2.24, 2.45) is 0 Å². The molecule has 5 heteroatoms. The maximum absolute atomic E-state index is 6.51. The van der Waals surface area contributed by atoms with Crippen molar-refractivity contribution in [2.45, 2.75) is 18.7 Å².